The van der Waals surface area contributed by atoms with Crippen LogP contribution in [0.25, 0.3) is 0 Å². The first-order valence-electron chi connectivity index (χ1n) is 4.56. The molecular formula is C8H17N3O2. The lowest BCUT2D eigenvalue weighted by molar-refractivity contribution is -0.128. The maximum atomic E-state index is 10.8. The Morgan fingerprint density at radius 3 is 2.77 bits per heavy atom. The SMILES string of the molecule is NCCC(O)CN1CCC1C(N)=O. The quantitative estimate of drug-likeness (QED) is 0.476. The lowest BCUT2D eigenvalue weighted by atomic mass is 10.0. The Morgan fingerprint density at radius 2 is 2.38 bits per heavy atom. The van der Waals surface area contributed by atoms with Crippen molar-refractivity contribution in [2.45, 2.75) is 25.0 Å². The van der Waals surface area contributed by atoms with Crippen molar-refractivity contribution in [3.63, 3.8) is 0 Å². The second kappa shape index (κ2) is 4.55. The third-order valence-electron chi connectivity index (χ3n) is 2.40. The third kappa shape index (κ3) is 2.65. The minimum Gasteiger partial charge on any atom is -0.392 e. The molecule has 13 heavy (non-hydrogen) atoms. The number of aliphatic hydroxyl groups excluding tert-OH is 1. The van der Waals surface area contributed by atoms with E-state index in [2.05, 4.69) is 0 Å². The Balaban J connectivity index is 2.25. The summed E-state index contributed by atoms with van der Waals surface area (Å²) in [5, 5.41) is 9.41. The number of aliphatic hydroxyl groups is 1. The van der Waals surface area contributed by atoms with Gasteiger partial charge in [0.05, 0.1) is 12.1 Å². The average molecular weight is 187 g/mol. The van der Waals surface area contributed by atoms with Gasteiger partial charge in [-0.05, 0) is 19.4 Å². The summed E-state index contributed by atoms with van der Waals surface area (Å²) in [6, 6.07) is -0.174. The Hall–Kier alpha value is -0.650. The number of primary amides is 1. The lowest BCUT2D eigenvalue weighted by Crippen LogP contribution is -2.56. The van der Waals surface area contributed by atoms with Gasteiger partial charge in [0.2, 0.25) is 5.91 Å². The van der Waals surface area contributed by atoms with Crippen LogP contribution in [0.4, 0.5) is 0 Å². The van der Waals surface area contributed by atoms with Gasteiger partial charge in [0, 0.05) is 13.1 Å². The second-order valence-corrected chi connectivity index (χ2v) is 3.43. The van der Waals surface area contributed by atoms with Crippen LogP contribution in [0, 0.1) is 0 Å². The van der Waals surface area contributed by atoms with Gasteiger partial charge in [0.15, 0.2) is 0 Å². The molecule has 1 saturated heterocycles. The van der Waals surface area contributed by atoms with Crippen molar-refractivity contribution in [1.82, 2.24) is 4.90 Å². The molecule has 5 heteroatoms. The highest BCUT2D eigenvalue weighted by Crippen LogP contribution is 2.17. The first-order chi connectivity index (χ1) is 6.15. The summed E-state index contributed by atoms with van der Waals surface area (Å²) < 4.78 is 0. The molecule has 0 aromatic carbocycles. The fourth-order valence-electron chi connectivity index (χ4n) is 1.54. The van der Waals surface area contributed by atoms with Crippen LogP contribution in [0.1, 0.15) is 12.8 Å². The smallest absolute Gasteiger partial charge is 0.234 e. The maximum Gasteiger partial charge on any atom is 0.234 e. The first-order valence-corrected chi connectivity index (χ1v) is 4.56. The van der Waals surface area contributed by atoms with Gasteiger partial charge in [-0.2, -0.15) is 0 Å². The number of nitrogens with two attached hydrogens (primary N) is 2. The number of hydrogen-bond donors (Lipinski definition) is 3. The van der Waals surface area contributed by atoms with Crippen molar-refractivity contribution < 1.29 is 9.90 Å². The molecule has 2 atom stereocenters. The first kappa shape index (κ1) is 10.4. The maximum absolute atomic E-state index is 10.8. The fourth-order valence-corrected chi connectivity index (χ4v) is 1.54. The molecule has 1 amide bonds. The predicted molar refractivity (Wildman–Crippen MR) is 48.9 cm³/mol. The van der Waals surface area contributed by atoms with Crippen LogP contribution in [-0.2, 0) is 4.79 Å². The van der Waals surface area contributed by atoms with Gasteiger partial charge in [0.25, 0.3) is 0 Å². The average Bonchev–Trinajstić information content (AvgIpc) is 1.97. The number of amides is 1. The minimum absolute atomic E-state index is 0.174. The summed E-state index contributed by atoms with van der Waals surface area (Å²) in [5.74, 6) is -0.300. The van der Waals surface area contributed by atoms with E-state index in [-0.39, 0.29) is 11.9 Å². The molecule has 0 spiro atoms. The van der Waals surface area contributed by atoms with E-state index in [0.29, 0.717) is 19.5 Å². The molecule has 1 heterocycles. The van der Waals surface area contributed by atoms with Gasteiger partial charge in [-0.3, -0.25) is 9.69 Å². The van der Waals surface area contributed by atoms with E-state index in [1.54, 1.807) is 0 Å². The van der Waals surface area contributed by atoms with Gasteiger partial charge in [0.1, 0.15) is 0 Å². The Bertz CT molecular complexity index is 186. The zero-order chi connectivity index (χ0) is 9.84. The predicted octanol–water partition coefficient (Wildman–Crippen LogP) is -1.74. The summed E-state index contributed by atoms with van der Waals surface area (Å²) in [6.07, 6.45) is 0.944. The van der Waals surface area contributed by atoms with Crippen molar-refractivity contribution >= 4 is 5.91 Å². The number of carbonyl (C=O) groups is 1. The molecule has 0 saturated carbocycles. The number of rotatable bonds is 5. The Labute approximate surface area is 77.7 Å². The number of carbonyl (C=O) groups excluding carboxylic acids is 1. The van der Waals surface area contributed by atoms with Crippen molar-refractivity contribution in [2.24, 2.45) is 11.5 Å². The molecule has 76 valence electrons. The molecule has 0 aliphatic carbocycles. The van der Waals surface area contributed by atoms with Crippen LogP contribution in [0.2, 0.25) is 0 Å². The molecule has 0 bridgehead atoms. The molecule has 2 unspecified atom stereocenters. The van der Waals surface area contributed by atoms with E-state index in [1.807, 2.05) is 4.90 Å². The van der Waals surface area contributed by atoms with E-state index in [0.717, 1.165) is 13.0 Å². The highest BCUT2D eigenvalue weighted by Gasteiger charge is 2.33. The van der Waals surface area contributed by atoms with Crippen LogP contribution in [0.15, 0.2) is 0 Å². The molecule has 1 aliphatic heterocycles. The van der Waals surface area contributed by atoms with Crippen molar-refractivity contribution in [2.75, 3.05) is 19.6 Å². The zero-order valence-electron chi connectivity index (χ0n) is 7.65. The summed E-state index contributed by atoms with van der Waals surface area (Å²) in [6.45, 7) is 1.82. The normalized spacial score (nSPS) is 25.2. The highest BCUT2D eigenvalue weighted by atomic mass is 16.3. The van der Waals surface area contributed by atoms with E-state index >= 15 is 0 Å². The van der Waals surface area contributed by atoms with Crippen LogP contribution >= 0.6 is 0 Å². The van der Waals surface area contributed by atoms with Gasteiger partial charge >= 0.3 is 0 Å². The molecule has 0 radical (unpaired) electrons. The van der Waals surface area contributed by atoms with Gasteiger partial charge in [-0.25, -0.2) is 0 Å². The van der Waals surface area contributed by atoms with E-state index in [9.17, 15) is 9.90 Å². The van der Waals surface area contributed by atoms with Crippen LogP contribution in [0.5, 0.6) is 0 Å². The van der Waals surface area contributed by atoms with Crippen molar-refractivity contribution in [3.8, 4) is 0 Å². The monoisotopic (exact) mass is 187 g/mol. The van der Waals surface area contributed by atoms with Crippen LogP contribution in [-0.4, -0.2) is 47.7 Å². The summed E-state index contributed by atoms with van der Waals surface area (Å²) in [5.41, 5.74) is 10.4. The summed E-state index contributed by atoms with van der Waals surface area (Å²) >= 11 is 0. The highest BCUT2D eigenvalue weighted by molar-refractivity contribution is 5.80. The number of β-amino-alcohol motifs (C(OH)–C–C–N with tert-alkyl or cyclic N) is 1. The number of nitrogens with zero attached hydrogens (tertiary/aromatic N) is 1. The number of hydrogen-bond acceptors (Lipinski definition) is 4. The largest absolute Gasteiger partial charge is 0.392 e. The summed E-state index contributed by atoms with van der Waals surface area (Å²) in [7, 11) is 0. The zero-order valence-corrected chi connectivity index (χ0v) is 7.65. The van der Waals surface area contributed by atoms with E-state index in [4.69, 9.17) is 11.5 Å². The Kier molecular flexibility index (Phi) is 3.65. The topological polar surface area (TPSA) is 92.6 Å². The summed E-state index contributed by atoms with van der Waals surface area (Å²) in [4.78, 5) is 12.7. The van der Waals surface area contributed by atoms with Gasteiger partial charge in [-0.15, -0.1) is 0 Å². The number of likely N-dealkylation sites (tertiary alicyclic amines) is 1. The Morgan fingerprint density at radius 1 is 1.69 bits per heavy atom. The van der Waals surface area contributed by atoms with Crippen LogP contribution in [0.3, 0.4) is 0 Å². The standard InChI is InChI=1S/C8H17N3O2/c9-3-1-6(12)5-11-4-2-7(11)8(10)13/h6-7,12H,1-5,9H2,(H2,10,13). The van der Waals surface area contributed by atoms with Crippen LogP contribution < -0.4 is 11.5 Å². The van der Waals surface area contributed by atoms with Crippen molar-refractivity contribution in [3.05, 3.63) is 0 Å². The fraction of sp³-hybridized carbons (Fsp3) is 0.875. The molecule has 0 aromatic heterocycles. The van der Waals surface area contributed by atoms with Gasteiger partial charge < -0.3 is 16.6 Å². The van der Waals surface area contributed by atoms with E-state index in [1.165, 1.54) is 0 Å². The molecular weight excluding hydrogens is 170 g/mol. The molecule has 1 fully saturated rings. The molecule has 1 rings (SSSR count). The van der Waals surface area contributed by atoms with E-state index < -0.39 is 6.10 Å². The second-order valence-electron chi connectivity index (χ2n) is 3.43. The lowest BCUT2D eigenvalue weighted by Gasteiger charge is -2.39. The third-order valence-corrected chi connectivity index (χ3v) is 2.40. The minimum atomic E-state index is -0.438. The van der Waals surface area contributed by atoms with Gasteiger partial charge in [-0.1, -0.05) is 0 Å². The molecule has 5 N–H and O–H groups in total. The van der Waals surface area contributed by atoms with Crippen molar-refractivity contribution in [1.29, 1.82) is 0 Å². The molecule has 0 aromatic rings. The molecule has 5 nitrogen and oxygen atoms in total. The molecule has 1 aliphatic rings.